The van der Waals surface area contributed by atoms with E-state index in [0.717, 1.165) is 18.5 Å². The van der Waals surface area contributed by atoms with Crippen LogP contribution in [-0.4, -0.2) is 88.5 Å². The van der Waals surface area contributed by atoms with Crippen LogP contribution in [0.1, 0.15) is 79.6 Å². The average Bonchev–Trinajstić information content (AvgIpc) is 3.58. The van der Waals surface area contributed by atoms with Gasteiger partial charge in [0.05, 0.1) is 0 Å². The first-order valence-electron chi connectivity index (χ1n) is 17.4. The molecule has 2 saturated heterocycles. The molecule has 0 saturated carbocycles. The summed E-state index contributed by atoms with van der Waals surface area (Å²) in [5, 5.41) is 0. The van der Waals surface area contributed by atoms with Crippen LogP contribution >= 0.6 is 0 Å². The number of methoxy groups -OCH3 is 2. The van der Waals surface area contributed by atoms with Gasteiger partial charge < -0.3 is 0 Å². The first-order valence-corrected chi connectivity index (χ1v) is 28.4. The van der Waals surface area contributed by atoms with E-state index in [-0.39, 0.29) is 18.0 Å². The van der Waals surface area contributed by atoms with Crippen molar-refractivity contribution in [2.24, 2.45) is 0 Å². The Morgan fingerprint density at radius 3 is 2.11 bits per heavy atom. The molecule has 4 rings (SSSR count). The van der Waals surface area contributed by atoms with Gasteiger partial charge in [-0.05, 0) is 0 Å². The number of carbonyl (C=O) groups is 1. The van der Waals surface area contributed by atoms with Crippen LogP contribution in [0.2, 0.25) is 38.5 Å². The van der Waals surface area contributed by atoms with E-state index >= 15 is 0 Å². The number of unbranched alkanes of at least 4 members (excludes halogenated alkanes) is 3. The van der Waals surface area contributed by atoms with Gasteiger partial charge in [-0.25, -0.2) is 0 Å². The Kier molecular flexibility index (Phi) is 11.5. The second kappa shape index (κ2) is 14.1. The molecule has 0 unspecified atom stereocenters. The zero-order valence-electron chi connectivity index (χ0n) is 29.7. The van der Waals surface area contributed by atoms with Gasteiger partial charge in [0.15, 0.2) is 0 Å². The van der Waals surface area contributed by atoms with Gasteiger partial charge >= 0.3 is 275 Å². The van der Waals surface area contributed by atoms with Crippen molar-refractivity contribution in [3.05, 3.63) is 44.5 Å². The van der Waals surface area contributed by atoms with Crippen molar-refractivity contribution in [1.29, 1.82) is 0 Å². The number of likely N-dealkylation sites (N-methyl/N-ethyl adjacent to an activating group) is 1. The van der Waals surface area contributed by atoms with Crippen molar-refractivity contribution in [1.82, 2.24) is 4.90 Å². The number of fused-ring (bicyclic) bond motifs is 2. The van der Waals surface area contributed by atoms with Crippen LogP contribution in [0.25, 0.3) is 0 Å². The van der Waals surface area contributed by atoms with E-state index in [1.165, 1.54) is 57.4 Å². The zero-order valence-corrected chi connectivity index (χ0v) is 33.6. The van der Waals surface area contributed by atoms with Crippen LogP contribution in [0.15, 0.2) is 44.5 Å². The quantitative estimate of drug-likeness (QED) is 0.157. The molecule has 0 spiro atoms. The number of hydrogen-bond donors (Lipinski definition) is 0. The Morgan fingerprint density at radius 1 is 1.02 bits per heavy atom. The first kappa shape index (κ1) is 36.0. The number of ether oxygens (including phenoxy) is 4. The molecule has 2 fully saturated rings. The molecule has 0 radical (unpaired) electrons. The van der Waals surface area contributed by atoms with Gasteiger partial charge in [0, 0.05) is 0 Å². The number of allylic oxidation sites excluding steroid dienone is 1. The van der Waals surface area contributed by atoms with Crippen LogP contribution < -0.4 is 0 Å². The van der Waals surface area contributed by atoms with Crippen LogP contribution in [0, 0.1) is 0 Å². The Labute approximate surface area is 273 Å². The molecule has 0 amide bonds. The van der Waals surface area contributed by atoms with Crippen LogP contribution in [-0.2, 0) is 23.7 Å². The second-order valence-electron chi connectivity index (χ2n) is 15.2. The molecule has 44 heavy (non-hydrogen) atoms. The Hall–Kier alpha value is -0.874. The second-order valence-corrected chi connectivity index (χ2v) is 33.7. The third-order valence-corrected chi connectivity index (χ3v) is 28.9. The van der Waals surface area contributed by atoms with E-state index in [9.17, 15) is 4.79 Å². The maximum atomic E-state index is 13.3. The van der Waals surface area contributed by atoms with Gasteiger partial charge in [-0.3, -0.25) is 0 Å². The minimum atomic E-state index is -3.17. The summed E-state index contributed by atoms with van der Waals surface area (Å²) in [7, 11) is 3.85. The number of likely N-dealkylation sites (tertiary alicyclic amines) is 1. The average molecular weight is 735 g/mol. The molecule has 0 bridgehead atoms. The molecular formula is C36H61NO5SiSn. The van der Waals surface area contributed by atoms with Crippen LogP contribution in [0.5, 0.6) is 0 Å². The number of hydrogen-bond acceptors (Lipinski definition) is 6. The van der Waals surface area contributed by atoms with Crippen molar-refractivity contribution >= 4 is 32.2 Å². The number of nitrogens with zero attached hydrogens (tertiary/aromatic N) is 1. The van der Waals surface area contributed by atoms with Gasteiger partial charge in [0.1, 0.15) is 0 Å². The fraction of sp³-hybridized carbons (Fsp3) is 0.750. The van der Waals surface area contributed by atoms with E-state index in [1.54, 1.807) is 17.8 Å². The summed E-state index contributed by atoms with van der Waals surface area (Å²) in [6.45, 7) is 19.5. The third kappa shape index (κ3) is 6.60. The van der Waals surface area contributed by atoms with Crippen LogP contribution in [0.4, 0.5) is 0 Å². The van der Waals surface area contributed by atoms with E-state index < -0.39 is 37.8 Å². The molecule has 2 aliphatic carbocycles. The van der Waals surface area contributed by atoms with Gasteiger partial charge in [-0.15, -0.1) is 0 Å². The summed E-state index contributed by atoms with van der Waals surface area (Å²) < 4.78 is 31.3. The summed E-state index contributed by atoms with van der Waals surface area (Å²) >= 11 is -3.17. The van der Waals surface area contributed by atoms with Gasteiger partial charge in [-0.2, -0.15) is 0 Å². The summed E-state index contributed by atoms with van der Waals surface area (Å²) in [4.78, 5) is 15.7. The Morgan fingerprint density at radius 2 is 1.61 bits per heavy atom. The van der Waals surface area contributed by atoms with Crippen LogP contribution in [0.3, 0.4) is 0 Å². The first-order chi connectivity index (χ1) is 20.7. The molecule has 0 aromatic rings. The number of rotatable bonds is 15. The van der Waals surface area contributed by atoms with Crippen molar-refractivity contribution in [3.63, 3.8) is 0 Å². The summed E-state index contributed by atoms with van der Waals surface area (Å²) in [5.74, 6) is 0.267. The Bertz CT molecular complexity index is 1180. The molecule has 8 heteroatoms. The third-order valence-electron chi connectivity index (χ3n) is 10.7. The predicted octanol–water partition coefficient (Wildman–Crippen LogP) is 8.56. The van der Waals surface area contributed by atoms with Crippen molar-refractivity contribution in [2.75, 3.05) is 27.8 Å². The fourth-order valence-electron chi connectivity index (χ4n) is 8.36. The summed E-state index contributed by atoms with van der Waals surface area (Å²) in [5.41, 5.74) is 2.28. The summed E-state index contributed by atoms with van der Waals surface area (Å²) in [6, 6.07) is 0. The molecule has 4 aliphatic rings. The SMILES string of the molecule is CCC[CH2][Sn]([CH2]CCC)([CH2]CCC)/[C](=C/[C@]12C(=CC(=O)C(OC)=C1OC)CCN2C)C1=C[C@H]([Si](C)(C)C)[C@H]2OC(C)(C)O[C@@H]12. The van der Waals surface area contributed by atoms with Crippen molar-refractivity contribution in [2.45, 2.75) is 142 Å². The molecule has 0 aromatic carbocycles. The van der Waals surface area contributed by atoms with E-state index in [4.69, 9.17) is 18.9 Å². The molecule has 2 aliphatic heterocycles. The maximum absolute atomic E-state index is 13.3. The molecular weight excluding hydrogens is 673 g/mol. The van der Waals surface area contributed by atoms with Crippen molar-refractivity contribution in [3.8, 4) is 0 Å². The fourth-order valence-corrected chi connectivity index (χ4v) is 27.4. The molecule has 0 aromatic heterocycles. The van der Waals surface area contributed by atoms with Gasteiger partial charge in [0.2, 0.25) is 0 Å². The zero-order chi connectivity index (χ0) is 32.5. The minimum absolute atomic E-state index is 0.0521. The molecule has 248 valence electrons. The number of ketones is 1. The molecule has 6 nitrogen and oxygen atoms in total. The Balaban J connectivity index is 2.09. The molecule has 4 atom stereocenters. The van der Waals surface area contributed by atoms with E-state index in [2.05, 4.69) is 78.4 Å². The standard InChI is InChI=1S/C24H34NO5Si.3C4H9.Sn/c1-23(2)29-19-15(13-18(21(19)30-23)31(6,7)8)9-11-24-16(10-12-25(24)3)14-17(26)20(27-4)22(24)28-5;3*1-3-4-2;/h11,13-14,18-19,21H,10,12H2,1-8H3;3*1,3-4H2,2H3;/t18-,19-,21+,24-;;;;/m0..../s1. The van der Waals surface area contributed by atoms with E-state index in [1.807, 2.05) is 6.08 Å². The van der Waals surface area contributed by atoms with Gasteiger partial charge in [-0.1, -0.05) is 0 Å². The van der Waals surface area contributed by atoms with Crippen molar-refractivity contribution < 1.29 is 23.7 Å². The number of carbonyl (C=O) groups excluding carboxylic acids is 1. The molecule has 2 heterocycles. The topological polar surface area (TPSA) is 57.2 Å². The predicted molar refractivity (Wildman–Crippen MR) is 186 cm³/mol. The summed E-state index contributed by atoms with van der Waals surface area (Å²) in [6.07, 6.45) is 15.3. The van der Waals surface area contributed by atoms with E-state index in [0.29, 0.717) is 17.1 Å². The van der Waals surface area contributed by atoms with Gasteiger partial charge in [0.25, 0.3) is 0 Å². The molecule has 0 N–H and O–H groups in total. The normalized spacial score (nSPS) is 29.1. The monoisotopic (exact) mass is 735 g/mol.